The van der Waals surface area contributed by atoms with E-state index in [1.807, 2.05) is 0 Å². The van der Waals surface area contributed by atoms with Crippen LogP contribution in [0.4, 0.5) is 0 Å². The topological polar surface area (TPSA) is 113 Å². The number of aliphatic carboxylic acids is 1. The van der Waals surface area contributed by atoms with E-state index >= 15 is 0 Å². The van der Waals surface area contributed by atoms with E-state index in [1.165, 1.54) is 4.68 Å². The molecule has 1 aromatic heterocycles. The van der Waals surface area contributed by atoms with Gasteiger partial charge in [0.1, 0.15) is 10.9 Å². The minimum Gasteiger partial charge on any atom is -0.480 e. The number of aromatic nitrogens is 2. The van der Waals surface area contributed by atoms with E-state index < -0.39 is 28.1 Å². The van der Waals surface area contributed by atoms with Crippen molar-refractivity contribution in [3.8, 4) is 0 Å². The van der Waals surface area contributed by atoms with Crippen LogP contribution in [-0.4, -0.2) is 57.4 Å². The van der Waals surface area contributed by atoms with Crippen LogP contribution in [0, 0.1) is 13.8 Å². The maximum absolute atomic E-state index is 12.6. The van der Waals surface area contributed by atoms with Crippen molar-refractivity contribution in [2.24, 2.45) is 7.05 Å². The summed E-state index contributed by atoms with van der Waals surface area (Å²) in [6.07, 6.45) is -1.07. The molecule has 1 saturated heterocycles. The molecule has 0 unspecified atom stereocenters. The smallest absolute Gasteiger partial charge is 0.322 e. The van der Waals surface area contributed by atoms with Gasteiger partial charge >= 0.3 is 5.97 Å². The zero-order valence-corrected chi connectivity index (χ0v) is 12.3. The first-order valence-corrected chi connectivity index (χ1v) is 7.53. The van der Waals surface area contributed by atoms with Gasteiger partial charge in [0.25, 0.3) is 0 Å². The highest BCUT2D eigenvalue weighted by molar-refractivity contribution is 7.89. The number of aliphatic hydroxyl groups excluding tert-OH is 1. The number of carbonyl (C=O) groups is 1. The Hall–Kier alpha value is -1.45. The van der Waals surface area contributed by atoms with Crippen molar-refractivity contribution >= 4 is 16.0 Å². The number of rotatable bonds is 3. The van der Waals surface area contributed by atoms with Gasteiger partial charge in [0.15, 0.2) is 0 Å². The lowest BCUT2D eigenvalue weighted by atomic mass is 10.2. The molecule has 0 bridgehead atoms. The molecule has 2 rings (SSSR count). The number of sulfonamides is 1. The fourth-order valence-corrected chi connectivity index (χ4v) is 4.55. The second-order valence-corrected chi connectivity index (χ2v) is 6.77. The van der Waals surface area contributed by atoms with Gasteiger partial charge < -0.3 is 10.2 Å². The number of nitrogens with zero attached hydrogens (tertiary/aromatic N) is 3. The van der Waals surface area contributed by atoms with Crippen LogP contribution in [0.25, 0.3) is 0 Å². The Bertz CT molecular complexity index is 651. The Morgan fingerprint density at radius 1 is 1.40 bits per heavy atom. The molecule has 0 radical (unpaired) electrons. The molecule has 0 spiro atoms. The summed E-state index contributed by atoms with van der Waals surface area (Å²) >= 11 is 0. The zero-order chi connectivity index (χ0) is 15.2. The highest BCUT2D eigenvalue weighted by atomic mass is 32.2. The summed E-state index contributed by atoms with van der Waals surface area (Å²) in [4.78, 5) is 11.2. The number of carboxylic acid groups (broad SMARTS) is 1. The minimum absolute atomic E-state index is 0.0142. The molecule has 0 aliphatic carbocycles. The average Bonchev–Trinajstić information content (AvgIpc) is 2.81. The van der Waals surface area contributed by atoms with Gasteiger partial charge in [-0.1, -0.05) is 0 Å². The van der Waals surface area contributed by atoms with Crippen molar-refractivity contribution in [1.82, 2.24) is 14.1 Å². The lowest BCUT2D eigenvalue weighted by Crippen LogP contribution is -2.40. The van der Waals surface area contributed by atoms with Gasteiger partial charge in [-0.05, 0) is 13.8 Å². The van der Waals surface area contributed by atoms with E-state index in [1.54, 1.807) is 20.9 Å². The van der Waals surface area contributed by atoms with Crippen LogP contribution in [0.5, 0.6) is 0 Å². The Balaban J connectivity index is 2.52. The third-order valence-electron chi connectivity index (χ3n) is 3.53. The van der Waals surface area contributed by atoms with E-state index in [0.29, 0.717) is 11.4 Å². The van der Waals surface area contributed by atoms with Gasteiger partial charge in [-0.2, -0.15) is 9.40 Å². The summed E-state index contributed by atoms with van der Waals surface area (Å²) in [7, 11) is -2.38. The van der Waals surface area contributed by atoms with Crippen molar-refractivity contribution in [2.45, 2.75) is 37.3 Å². The molecular formula is C11H17N3O5S. The highest BCUT2D eigenvalue weighted by Gasteiger charge is 2.45. The molecule has 2 heterocycles. The standard InChI is InChI=1S/C11H17N3O5S/c1-6-10(7(2)13(3)12-6)20(18,19)14-5-8(15)4-9(14)11(16)17/h8-9,15H,4-5H2,1-3H3,(H,16,17)/t8-,9-/m1/s1. The summed E-state index contributed by atoms with van der Waals surface area (Å²) in [5.74, 6) is -1.26. The van der Waals surface area contributed by atoms with Crippen LogP contribution in [0.15, 0.2) is 4.90 Å². The fourth-order valence-electron chi connectivity index (χ4n) is 2.52. The van der Waals surface area contributed by atoms with Crippen LogP contribution < -0.4 is 0 Å². The number of aryl methyl sites for hydroxylation is 2. The number of β-amino-alcohol motifs (C(OH)–C–C–N with tert-alkyl or cyclic N) is 1. The lowest BCUT2D eigenvalue weighted by Gasteiger charge is -2.20. The zero-order valence-electron chi connectivity index (χ0n) is 11.4. The van der Waals surface area contributed by atoms with E-state index in [-0.39, 0.29) is 17.9 Å². The average molecular weight is 303 g/mol. The lowest BCUT2D eigenvalue weighted by molar-refractivity contribution is -0.140. The normalized spacial score (nSPS) is 24.2. The molecule has 0 saturated carbocycles. The van der Waals surface area contributed by atoms with Gasteiger partial charge in [0.05, 0.1) is 17.5 Å². The minimum atomic E-state index is -4.00. The maximum atomic E-state index is 12.6. The number of hydrogen-bond donors (Lipinski definition) is 2. The van der Waals surface area contributed by atoms with Crippen LogP contribution in [0.3, 0.4) is 0 Å². The first-order chi connectivity index (χ1) is 9.16. The second-order valence-electron chi connectivity index (χ2n) is 4.94. The molecule has 8 nitrogen and oxygen atoms in total. The molecule has 112 valence electrons. The molecule has 2 atom stereocenters. The van der Waals surface area contributed by atoms with E-state index in [4.69, 9.17) is 5.11 Å². The monoisotopic (exact) mass is 303 g/mol. The second kappa shape index (κ2) is 4.83. The molecule has 0 amide bonds. The quantitative estimate of drug-likeness (QED) is 0.759. The Morgan fingerprint density at radius 2 is 2.00 bits per heavy atom. The van der Waals surface area contributed by atoms with Gasteiger partial charge in [-0.25, -0.2) is 8.42 Å². The maximum Gasteiger partial charge on any atom is 0.322 e. The van der Waals surface area contributed by atoms with Gasteiger partial charge in [0.2, 0.25) is 10.0 Å². The summed E-state index contributed by atoms with van der Waals surface area (Å²) < 4.78 is 27.6. The molecule has 1 aliphatic rings. The number of hydrogen-bond acceptors (Lipinski definition) is 5. The largest absolute Gasteiger partial charge is 0.480 e. The Morgan fingerprint density at radius 3 is 2.45 bits per heavy atom. The van der Waals surface area contributed by atoms with Gasteiger partial charge in [0, 0.05) is 20.0 Å². The van der Waals surface area contributed by atoms with Crippen molar-refractivity contribution in [1.29, 1.82) is 0 Å². The number of carboxylic acids is 1. The molecule has 0 aromatic carbocycles. The predicted octanol–water partition coefficient (Wildman–Crippen LogP) is -0.755. The van der Waals surface area contributed by atoms with Crippen LogP contribution >= 0.6 is 0 Å². The highest BCUT2D eigenvalue weighted by Crippen LogP contribution is 2.29. The molecule has 1 aromatic rings. The number of aliphatic hydroxyl groups is 1. The van der Waals surface area contributed by atoms with Crippen LogP contribution in [0.1, 0.15) is 17.8 Å². The van der Waals surface area contributed by atoms with Crippen LogP contribution in [0.2, 0.25) is 0 Å². The first-order valence-electron chi connectivity index (χ1n) is 6.09. The van der Waals surface area contributed by atoms with Crippen molar-refractivity contribution < 1.29 is 23.4 Å². The van der Waals surface area contributed by atoms with E-state index in [9.17, 15) is 18.3 Å². The summed E-state index contributed by atoms with van der Waals surface area (Å²) in [5.41, 5.74) is 0.753. The third-order valence-corrected chi connectivity index (χ3v) is 5.66. The van der Waals surface area contributed by atoms with Crippen molar-refractivity contribution in [2.75, 3.05) is 6.54 Å². The molecule has 2 N–H and O–H groups in total. The summed E-state index contributed by atoms with van der Waals surface area (Å²) in [5, 5.41) is 22.7. The Kier molecular flexibility index (Phi) is 3.61. The molecule has 20 heavy (non-hydrogen) atoms. The molecular weight excluding hydrogens is 286 g/mol. The summed E-state index contributed by atoms with van der Waals surface area (Å²) in [6.45, 7) is 2.95. The van der Waals surface area contributed by atoms with E-state index in [0.717, 1.165) is 4.31 Å². The predicted molar refractivity (Wildman–Crippen MR) is 68.6 cm³/mol. The SMILES string of the molecule is Cc1nn(C)c(C)c1S(=O)(=O)N1C[C@H](O)C[C@@H]1C(=O)O. The van der Waals surface area contributed by atoms with Gasteiger partial charge in [-0.3, -0.25) is 9.48 Å². The van der Waals surface area contributed by atoms with Crippen molar-refractivity contribution in [3.05, 3.63) is 11.4 Å². The summed E-state index contributed by atoms with van der Waals surface area (Å²) in [6, 6.07) is -1.24. The molecule has 1 aliphatic heterocycles. The van der Waals surface area contributed by atoms with Gasteiger partial charge in [-0.15, -0.1) is 0 Å². The first kappa shape index (κ1) is 14.9. The fraction of sp³-hybridized carbons (Fsp3) is 0.636. The Labute approximate surface area is 116 Å². The molecule has 9 heteroatoms. The van der Waals surface area contributed by atoms with Crippen LogP contribution in [-0.2, 0) is 21.9 Å². The van der Waals surface area contributed by atoms with Crippen molar-refractivity contribution in [3.63, 3.8) is 0 Å². The third kappa shape index (κ3) is 2.21. The molecule has 1 fully saturated rings. The van der Waals surface area contributed by atoms with E-state index in [2.05, 4.69) is 5.10 Å².